The van der Waals surface area contributed by atoms with E-state index >= 15 is 0 Å². The lowest BCUT2D eigenvalue weighted by atomic mass is 10.5. The second kappa shape index (κ2) is 6.22. The average Bonchev–Trinajstić information content (AvgIpc) is 2.68. The van der Waals surface area contributed by atoms with Gasteiger partial charge < -0.3 is 9.64 Å². The third kappa shape index (κ3) is 3.12. The van der Waals surface area contributed by atoms with E-state index in [-0.39, 0.29) is 0 Å². The van der Waals surface area contributed by atoms with Gasteiger partial charge in [0, 0.05) is 25.6 Å². The summed E-state index contributed by atoms with van der Waals surface area (Å²) in [6, 6.07) is 0. The number of anilines is 1. The minimum Gasteiger partial charge on any atom is -0.383 e. The lowest BCUT2D eigenvalue weighted by molar-refractivity contribution is 0.205. The molecule has 1 aromatic rings. The molecule has 0 spiro atoms. The second-order valence-corrected chi connectivity index (χ2v) is 3.93. The summed E-state index contributed by atoms with van der Waals surface area (Å²) in [5.74, 6) is 0.484. The molecule has 0 aliphatic heterocycles. The molecule has 14 heavy (non-hydrogen) atoms. The van der Waals surface area contributed by atoms with E-state index in [1.165, 1.54) is 0 Å². The number of hydrogen-bond donors (Lipinski definition) is 0. The third-order valence-corrected chi connectivity index (χ3v) is 3.12. The average molecular weight is 235 g/mol. The molecule has 1 heterocycles. The van der Waals surface area contributed by atoms with Crippen LogP contribution < -0.4 is 4.90 Å². The minimum absolute atomic E-state index is 0.484. The Hall–Kier alpha value is -0.320. The van der Waals surface area contributed by atoms with Crippen molar-refractivity contribution in [3.8, 4) is 0 Å². The topological polar surface area (TPSA) is 25.4 Å². The van der Waals surface area contributed by atoms with Crippen LogP contribution in [0.25, 0.3) is 0 Å². The van der Waals surface area contributed by atoms with Gasteiger partial charge in [0.05, 0.1) is 18.2 Å². The number of alkyl halides is 1. The van der Waals surface area contributed by atoms with Gasteiger partial charge in [-0.3, -0.25) is 0 Å². The van der Waals surface area contributed by atoms with E-state index in [0.29, 0.717) is 5.88 Å². The van der Waals surface area contributed by atoms with Gasteiger partial charge in [-0.2, -0.15) is 0 Å². The lowest BCUT2D eigenvalue weighted by Crippen LogP contribution is -2.26. The Bertz CT molecular complexity index is 267. The van der Waals surface area contributed by atoms with Gasteiger partial charge >= 0.3 is 0 Å². The molecular formula is C9H15ClN2OS. The summed E-state index contributed by atoms with van der Waals surface area (Å²) >= 11 is 7.33. The van der Waals surface area contributed by atoms with E-state index in [0.717, 1.165) is 30.5 Å². The Morgan fingerprint density at radius 2 is 2.43 bits per heavy atom. The first-order chi connectivity index (χ1) is 6.81. The van der Waals surface area contributed by atoms with Crippen LogP contribution in [-0.2, 0) is 10.6 Å². The monoisotopic (exact) mass is 234 g/mol. The van der Waals surface area contributed by atoms with Crippen LogP contribution in [0.2, 0.25) is 0 Å². The predicted molar refractivity (Wildman–Crippen MR) is 61.4 cm³/mol. The van der Waals surface area contributed by atoms with Crippen LogP contribution in [0.4, 0.5) is 5.13 Å². The van der Waals surface area contributed by atoms with E-state index in [1.807, 2.05) is 5.38 Å². The summed E-state index contributed by atoms with van der Waals surface area (Å²) in [7, 11) is 1.71. The number of aromatic nitrogens is 1. The number of rotatable bonds is 6. The van der Waals surface area contributed by atoms with Crippen molar-refractivity contribution in [1.29, 1.82) is 0 Å². The number of halogens is 1. The van der Waals surface area contributed by atoms with Crippen molar-refractivity contribution in [2.24, 2.45) is 0 Å². The fourth-order valence-electron chi connectivity index (χ4n) is 1.09. The van der Waals surface area contributed by atoms with Gasteiger partial charge in [0.2, 0.25) is 0 Å². The molecule has 3 nitrogen and oxygen atoms in total. The molecule has 0 aliphatic rings. The van der Waals surface area contributed by atoms with Gasteiger partial charge in [0.25, 0.3) is 0 Å². The highest BCUT2D eigenvalue weighted by atomic mass is 35.5. The lowest BCUT2D eigenvalue weighted by Gasteiger charge is -2.18. The highest BCUT2D eigenvalue weighted by Crippen LogP contribution is 2.20. The van der Waals surface area contributed by atoms with Gasteiger partial charge in [-0.05, 0) is 6.92 Å². The van der Waals surface area contributed by atoms with Crippen LogP contribution in [0.3, 0.4) is 0 Å². The van der Waals surface area contributed by atoms with E-state index in [2.05, 4.69) is 16.8 Å². The van der Waals surface area contributed by atoms with Crippen molar-refractivity contribution in [1.82, 2.24) is 4.98 Å². The fraction of sp³-hybridized carbons (Fsp3) is 0.667. The molecule has 0 fully saturated rings. The molecule has 80 valence electrons. The zero-order chi connectivity index (χ0) is 10.4. The van der Waals surface area contributed by atoms with Crippen molar-refractivity contribution < 1.29 is 4.74 Å². The maximum absolute atomic E-state index is 5.69. The normalized spacial score (nSPS) is 10.5. The van der Waals surface area contributed by atoms with Crippen LogP contribution in [-0.4, -0.2) is 31.8 Å². The summed E-state index contributed by atoms with van der Waals surface area (Å²) in [4.78, 5) is 6.59. The van der Waals surface area contributed by atoms with Crippen molar-refractivity contribution in [2.45, 2.75) is 12.8 Å². The molecule has 1 aromatic heterocycles. The van der Waals surface area contributed by atoms with Gasteiger partial charge in [-0.25, -0.2) is 4.98 Å². The molecule has 0 bridgehead atoms. The van der Waals surface area contributed by atoms with E-state index in [9.17, 15) is 0 Å². The van der Waals surface area contributed by atoms with Crippen LogP contribution in [0.5, 0.6) is 0 Å². The molecular weight excluding hydrogens is 220 g/mol. The van der Waals surface area contributed by atoms with Crippen molar-refractivity contribution >= 4 is 28.1 Å². The largest absolute Gasteiger partial charge is 0.383 e. The molecule has 0 N–H and O–H groups in total. The number of methoxy groups -OCH3 is 1. The Kier molecular flexibility index (Phi) is 5.22. The first-order valence-electron chi connectivity index (χ1n) is 4.56. The first kappa shape index (κ1) is 11.8. The third-order valence-electron chi connectivity index (χ3n) is 1.89. The van der Waals surface area contributed by atoms with Crippen LogP contribution in [0.15, 0.2) is 5.38 Å². The van der Waals surface area contributed by atoms with Crippen molar-refractivity contribution in [3.63, 3.8) is 0 Å². The second-order valence-electron chi connectivity index (χ2n) is 2.83. The highest BCUT2D eigenvalue weighted by molar-refractivity contribution is 7.13. The molecule has 0 saturated heterocycles. The number of thiazole rings is 1. The van der Waals surface area contributed by atoms with Crippen molar-refractivity contribution in [2.75, 3.05) is 31.7 Å². The SMILES string of the molecule is CCN(CCOC)c1nc(CCl)cs1. The Morgan fingerprint density at radius 1 is 1.64 bits per heavy atom. The van der Waals surface area contributed by atoms with Crippen LogP contribution >= 0.6 is 22.9 Å². The fourth-order valence-corrected chi connectivity index (χ4v) is 2.24. The smallest absolute Gasteiger partial charge is 0.185 e. The minimum atomic E-state index is 0.484. The maximum Gasteiger partial charge on any atom is 0.185 e. The van der Waals surface area contributed by atoms with E-state index in [1.54, 1.807) is 18.4 Å². The van der Waals surface area contributed by atoms with Gasteiger partial charge in [0.15, 0.2) is 5.13 Å². The Morgan fingerprint density at radius 3 is 2.93 bits per heavy atom. The summed E-state index contributed by atoms with van der Waals surface area (Å²) < 4.78 is 5.04. The van der Waals surface area contributed by atoms with Gasteiger partial charge in [0.1, 0.15) is 0 Å². The summed E-state index contributed by atoms with van der Waals surface area (Å²) in [5, 5.41) is 3.03. The quantitative estimate of drug-likeness (QED) is 0.707. The number of nitrogens with zero attached hydrogens (tertiary/aromatic N) is 2. The van der Waals surface area contributed by atoms with Crippen LogP contribution in [0.1, 0.15) is 12.6 Å². The zero-order valence-corrected chi connectivity index (χ0v) is 10.1. The summed E-state index contributed by atoms with van der Waals surface area (Å²) in [5.41, 5.74) is 0.947. The van der Waals surface area contributed by atoms with Crippen molar-refractivity contribution in [3.05, 3.63) is 11.1 Å². The van der Waals surface area contributed by atoms with E-state index < -0.39 is 0 Å². The standard InChI is InChI=1S/C9H15ClN2OS/c1-3-12(4-5-13-2)9-11-8(6-10)7-14-9/h7H,3-6H2,1-2H3. The summed E-state index contributed by atoms with van der Waals surface area (Å²) in [6.07, 6.45) is 0. The van der Waals surface area contributed by atoms with E-state index in [4.69, 9.17) is 16.3 Å². The Labute approximate surface area is 93.7 Å². The molecule has 5 heteroatoms. The molecule has 0 unspecified atom stereocenters. The number of likely N-dealkylation sites (N-methyl/N-ethyl adjacent to an activating group) is 1. The maximum atomic E-state index is 5.69. The molecule has 0 atom stereocenters. The zero-order valence-electron chi connectivity index (χ0n) is 8.49. The molecule has 0 aliphatic carbocycles. The highest BCUT2D eigenvalue weighted by Gasteiger charge is 2.08. The molecule has 0 amide bonds. The molecule has 0 aromatic carbocycles. The molecule has 1 rings (SSSR count). The summed E-state index contributed by atoms with van der Waals surface area (Å²) in [6.45, 7) is 4.65. The van der Waals surface area contributed by atoms with Crippen LogP contribution in [0, 0.1) is 0 Å². The Balaban J connectivity index is 2.58. The molecule has 0 radical (unpaired) electrons. The van der Waals surface area contributed by atoms with Gasteiger partial charge in [-0.15, -0.1) is 22.9 Å². The predicted octanol–water partition coefficient (Wildman–Crippen LogP) is 2.35. The number of ether oxygens (including phenoxy) is 1. The van der Waals surface area contributed by atoms with Gasteiger partial charge in [-0.1, -0.05) is 0 Å². The molecule has 0 saturated carbocycles. The first-order valence-corrected chi connectivity index (χ1v) is 5.97. The number of hydrogen-bond acceptors (Lipinski definition) is 4.